The molecule has 0 saturated carbocycles. The van der Waals surface area contributed by atoms with E-state index in [2.05, 4.69) is 140 Å². The van der Waals surface area contributed by atoms with Gasteiger partial charge in [0, 0.05) is 33.3 Å². The van der Waals surface area contributed by atoms with Crippen molar-refractivity contribution < 1.29 is 4.42 Å². The highest BCUT2D eigenvalue weighted by molar-refractivity contribution is 6.15. The quantitative estimate of drug-likeness (QED) is 0.197. The molecule has 7 aromatic rings. The molecule has 0 N–H and O–H groups in total. The summed E-state index contributed by atoms with van der Waals surface area (Å²) in [6.07, 6.45) is 1.88. The van der Waals surface area contributed by atoms with Crippen LogP contribution < -0.4 is 0 Å². The lowest BCUT2D eigenvalue weighted by Crippen LogP contribution is -2.11. The maximum Gasteiger partial charge on any atom is 0.160 e. The van der Waals surface area contributed by atoms with Crippen LogP contribution >= 0.6 is 0 Å². The average Bonchev–Trinajstić information content (AvgIpc) is 3.54. The van der Waals surface area contributed by atoms with E-state index in [9.17, 15) is 5.26 Å². The molecule has 0 aliphatic carbocycles. The van der Waals surface area contributed by atoms with E-state index >= 15 is 0 Å². The minimum atomic E-state index is -0.0427. The molecule has 7 rings (SSSR count). The molecule has 0 fully saturated rings. The summed E-state index contributed by atoms with van der Waals surface area (Å²) >= 11 is 0. The molecule has 0 unspecified atom stereocenters. The predicted molar refractivity (Wildman–Crippen MR) is 192 cm³/mol. The zero-order chi connectivity index (χ0) is 32.8. The smallest absolute Gasteiger partial charge is 0.160 e. The Morgan fingerprint density at radius 1 is 0.609 bits per heavy atom. The fourth-order valence-electron chi connectivity index (χ4n) is 6.60. The van der Waals surface area contributed by atoms with Crippen LogP contribution in [-0.4, -0.2) is 9.55 Å². The SMILES string of the molecule is CC(C)(C)c1ccnc(-c2cccc3c2oc2c(-n4c5cc(C(C)(C)C)ccc5c5ccc(C(C)(C)C)cc54)c(C#N)ccc23)c1. The highest BCUT2D eigenvalue weighted by Gasteiger charge is 2.25. The van der Waals surface area contributed by atoms with Crippen LogP contribution in [0.15, 0.2) is 89.5 Å². The maximum absolute atomic E-state index is 10.6. The van der Waals surface area contributed by atoms with Crippen LogP contribution in [0.5, 0.6) is 0 Å². The Labute approximate surface area is 271 Å². The molecule has 230 valence electrons. The minimum Gasteiger partial charge on any atom is -0.453 e. The fourth-order valence-corrected chi connectivity index (χ4v) is 6.60. The first-order chi connectivity index (χ1) is 21.7. The van der Waals surface area contributed by atoms with Crippen molar-refractivity contribution in [1.82, 2.24) is 9.55 Å². The third-order valence-corrected chi connectivity index (χ3v) is 9.39. The van der Waals surface area contributed by atoms with Crippen molar-refractivity contribution >= 4 is 43.7 Å². The number of hydrogen-bond donors (Lipinski definition) is 0. The van der Waals surface area contributed by atoms with Gasteiger partial charge in [0.05, 0.1) is 22.3 Å². The van der Waals surface area contributed by atoms with E-state index in [-0.39, 0.29) is 16.2 Å². The number of furan rings is 1. The lowest BCUT2D eigenvalue weighted by atomic mass is 9.86. The number of hydrogen-bond acceptors (Lipinski definition) is 3. The van der Waals surface area contributed by atoms with Crippen LogP contribution in [0.2, 0.25) is 0 Å². The van der Waals surface area contributed by atoms with Gasteiger partial charge in [-0.1, -0.05) is 98.7 Å². The average molecular weight is 604 g/mol. The summed E-state index contributed by atoms with van der Waals surface area (Å²) in [7, 11) is 0. The highest BCUT2D eigenvalue weighted by atomic mass is 16.3. The van der Waals surface area contributed by atoms with Gasteiger partial charge in [-0.2, -0.15) is 5.26 Å². The molecular formula is C42H41N3O. The first kappa shape index (κ1) is 29.8. The number of rotatable bonds is 2. The fraction of sp³-hybridized carbons (Fsp3) is 0.286. The Morgan fingerprint density at radius 2 is 1.15 bits per heavy atom. The Morgan fingerprint density at radius 3 is 1.72 bits per heavy atom. The Bertz CT molecular complexity index is 2300. The molecule has 46 heavy (non-hydrogen) atoms. The first-order valence-corrected chi connectivity index (χ1v) is 16.1. The molecule has 0 saturated heterocycles. The number of benzene rings is 4. The molecule has 0 amide bonds. The first-order valence-electron chi connectivity index (χ1n) is 16.1. The number of fused-ring (bicyclic) bond motifs is 6. The van der Waals surface area contributed by atoms with E-state index in [4.69, 9.17) is 9.40 Å². The van der Waals surface area contributed by atoms with Gasteiger partial charge in [-0.05, 0) is 75.4 Å². The summed E-state index contributed by atoms with van der Waals surface area (Å²) < 4.78 is 9.22. The molecule has 0 aliphatic heterocycles. The molecule has 0 bridgehead atoms. The van der Waals surface area contributed by atoms with Gasteiger partial charge in [0.1, 0.15) is 17.3 Å². The van der Waals surface area contributed by atoms with Gasteiger partial charge in [0.2, 0.25) is 0 Å². The van der Waals surface area contributed by atoms with Crippen molar-refractivity contribution in [2.24, 2.45) is 0 Å². The Kier molecular flexibility index (Phi) is 6.52. The van der Waals surface area contributed by atoms with Gasteiger partial charge in [-0.25, -0.2) is 0 Å². The van der Waals surface area contributed by atoms with Crippen molar-refractivity contribution in [2.45, 2.75) is 78.6 Å². The summed E-state index contributed by atoms with van der Waals surface area (Å²) in [5.41, 5.74) is 10.4. The number of para-hydroxylation sites is 1. The second-order valence-electron chi connectivity index (χ2n) is 15.7. The number of nitrogens with zero attached hydrogens (tertiary/aromatic N) is 3. The van der Waals surface area contributed by atoms with E-state index in [1.165, 1.54) is 16.7 Å². The summed E-state index contributed by atoms with van der Waals surface area (Å²) in [5.74, 6) is 0. The molecule has 0 spiro atoms. The van der Waals surface area contributed by atoms with E-state index in [1.54, 1.807) is 0 Å². The molecule has 3 aromatic heterocycles. The third kappa shape index (κ3) is 4.69. The highest BCUT2D eigenvalue weighted by Crippen LogP contribution is 2.43. The van der Waals surface area contributed by atoms with Gasteiger partial charge in [-0.15, -0.1) is 0 Å². The zero-order valence-corrected chi connectivity index (χ0v) is 28.3. The third-order valence-electron chi connectivity index (χ3n) is 9.39. The molecular weight excluding hydrogens is 562 g/mol. The summed E-state index contributed by atoms with van der Waals surface area (Å²) in [5, 5.41) is 14.9. The van der Waals surface area contributed by atoms with Crippen LogP contribution in [0.4, 0.5) is 0 Å². The summed E-state index contributed by atoms with van der Waals surface area (Å²) in [6.45, 7) is 20.1. The van der Waals surface area contributed by atoms with Crippen LogP contribution in [-0.2, 0) is 16.2 Å². The van der Waals surface area contributed by atoms with E-state index < -0.39 is 0 Å². The van der Waals surface area contributed by atoms with Crippen molar-refractivity contribution in [3.8, 4) is 23.0 Å². The summed E-state index contributed by atoms with van der Waals surface area (Å²) in [6, 6.07) is 30.5. The molecule has 0 aliphatic rings. The number of nitriles is 1. The van der Waals surface area contributed by atoms with Crippen molar-refractivity contribution in [1.29, 1.82) is 5.26 Å². The van der Waals surface area contributed by atoms with Crippen molar-refractivity contribution in [3.05, 3.63) is 107 Å². The Balaban J connectivity index is 1.62. The zero-order valence-electron chi connectivity index (χ0n) is 28.3. The Hall–Kier alpha value is -4.88. The number of aromatic nitrogens is 2. The predicted octanol–water partition coefficient (Wildman–Crippen LogP) is 11.5. The van der Waals surface area contributed by atoms with Gasteiger partial charge in [-0.3, -0.25) is 4.98 Å². The van der Waals surface area contributed by atoms with Gasteiger partial charge in [0.25, 0.3) is 0 Å². The standard InChI is InChI=1S/C42H41N3O/c1-40(2,3)26-14-17-29-30-18-15-27(41(4,5)6)23-36(30)45(35(29)22-26)37-25(24-43)13-16-32-31-11-10-12-33(38(31)46-39(32)37)34-21-28(19-20-44-34)42(7,8)9/h10-23H,1-9H3. The van der Waals surface area contributed by atoms with Gasteiger partial charge < -0.3 is 8.98 Å². The van der Waals surface area contributed by atoms with Crippen LogP contribution in [0, 0.1) is 11.3 Å². The maximum atomic E-state index is 10.6. The van der Waals surface area contributed by atoms with Crippen LogP contribution in [0.1, 0.15) is 84.6 Å². The van der Waals surface area contributed by atoms with E-state index in [0.29, 0.717) is 11.1 Å². The lowest BCUT2D eigenvalue weighted by Gasteiger charge is -2.20. The summed E-state index contributed by atoms with van der Waals surface area (Å²) in [4.78, 5) is 4.78. The molecule has 4 aromatic carbocycles. The van der Waals surface area contributed by atoms with Crippen LogP contribution in [0.25, 0.3) is 60.7 Å². The van der Waals surface area contributed by atoms with Crippen molar-refractivity contribution in [3.63, 3.8) is 0 Å². The topological polar surface area (TPSA) is 54.8 Å². The number of pyridine rings is 1. The van der Waals surface area contributed by atoms with Crippen molar-refractivity contribution in [2.75, 3.05) is 0 Å². The normalized spacial score (nSPS) is 12.9. The monoisotopic (exact) mass is 603 g/mol. The van der Waals surface area contributed by atoms with E-state index in [0.717, 1.165) is 55.1 Å². The molecule has 4 nitrogen and oxygen atoms in total. The molecule has 0 atom stereocenters. The van der Waals surface area contributed by atoms with Gasteiger partial charge in [0.15, 0.2) is 5.58 Å². The minimum absolute atomic E-state index is 0.0112. The second-order valence-corrected chi connectivity index (χ2v) is 15.7. The van der Waals surface area contributed by atoms with Crippen LogP contribution in [0.3, 0.4) is 0 Å². The largest absolute Gasteiger partial charge is 0.453 e. The van der Waals surface area contributed by atoms with E-state index in [1.807, 2.05) is 18.3 Å². The lowest BCUT2D eigenvalue weighted by molar-refractivity contribution is 0.589. The van der Waals surface area contributed by atoms with Gasteiger partial charge >= 0.3 is 0 Å². The molecule has 4 heteroatoms. The molecule has 3 heterocycles. The molecule has 0 radical (unpaired) electrons. The second kappa shape index (κ2) is 10.1.